The number of anilines is 1. The second-order valence-corrected chi connectivity index (χ2v) is 10.9. The van der Waals surface area contributed by atoms with E-state index in [0.717, 1.165) is 32.2 Å². The number of rotatable bonds is 4. The van der Waals surface area contributed by atoms with Crippen LogP contribution in [0.25, 0.3) is 10.9 Å². The van der Waals surface area contributed by atoms with Crippen molar-refractivity contribution < 1.29 is 22.3 Å². The Balaban J connectivity index is 1.41. The van der Waals surface area contributed by atoms with Gasteiger partial charge >= 0.3 is 6.01 Å². The summed E-state index contributed by atoms with van der Waals surface area (Å²) in [4.78, 5) is 14.9. The number of ether oxygens (including phenoxy) is 1. The minimum Gasteiger partial charge on any atom is -0.461 e. The van der Waals surface area contributed by atoms with Crippen molar-refractivity contribution in [1.82, 2.24) is 19.8 Å². The summed E-state index contributed by atoms with van der Waals surface area (Å²) in [6.07, 6.45) is 3.22. The first-order valence-electron chi connectivity index (χ1n) is 11.8. The quantitative estimate of drug-likeness (QED) is 0.329. The Morgan fingerprint density at radius 3 is 2.53 bits per heavy atom. The van der Waals surface area contributed by atoms with Gasteiger partial charge in [-0.05, 0) is 55.2 Å². The van der Waals surface area contributed by atoms with Gasteiger partial charge in [-0.2, -0.15) is 9.97 Å². The smallest absolute Gasteiger partial charge is 0.319 e. The fourth-order valence-corrected chi connectivity index (χ4v) is 6.79. The highest BCUT2D eigenvalue weighted by atomic mass is 79.9. The van der Waals surface area contributed by atoms with Crippen molar-refractivity contribution in [3.63, 3.8) is 0 Å². The molecule has 6 rings (SSSR count). The molecule has 0 saturated carbocycles. The van der Waals surface area contributed by atoms with E-state index >= 15 is 8.78 Å². The molecule has 1 aromatic heterocycles. The molecule has 0 amide bonds. The highest BCUT2D eigenvalue weighted by Gasteiger charge is 2.49. The number of alkyl halides is 1. The van der Waals surface area contributed by atoms with E-state index in [1.165, 1.54) is 0 Å². The van der Waals surface area contributed by atoms with Crippen molar-refractivity contribution >= 4 is 32.7 Å². The Morgan fingerprint density at radius 2 is 1.79 bits per heavy atom. The molecule has 0 radical (unpaired) electrons. The van der Waals surface area contributed by atoms with Crippen molar-refractivity contribution in [2.24, 2.45) is 0 Å². The number of hydrogen-bond acceptors (Lipinski definition) is 6. The fourth-order valence-electron chi connectivity index (χ4n) is 6.42. The summed E-state index contributed by atoms with van der Waals surface area (Å²) in [5.74, 6) is -3.35. The van der Waals surface area contributed by atoms with Crippen LogP contribution in [-0.2, 0) is 0 Å². The normalized spacial score (nSPS) is 31.6. The Morgan fingerprint density at radius 1 is 1.06 bits per heavy atom. The first kappa shape index (κ1) is 22.7. The van der Waals surface area contributed by atoms with Gasteiger partial charge in [-0.1, -0.05) is 0 Å². The lowest BCUT2D eigenvalue weighted by molar-refractivity contribution is 0.107. The van der Waals surface area contributed by atoms with Gasteiger partial charge in [0.15, 0.2) is 17.5 Å². The van der Waals surface area contributed by atoms with E-state index in [4.69, 9.17) is 4.74 Å². The average Bonchev–Trinajstić information content (AvgIpc) is 3.39. The zero-order valence-corrected chi connectivity index (χ0v) is 20.4. The average molecular weight is 544 g/mol. The summed E-state index contributed by atoms with van der Waals surface area (Å²) in [6, 6.07) is 0.411. The summed E-state index contributed by atoms with van der Waals surface area (Å²) < 4.78 is 64.3. The van der Waals surface area contributed by atoms with Crippen LogP contribution in [0.1, 0.15) is 32.1 Å². The van der Waals surface area contributed by atoms with Crippen LogP contribution in [0.2, 0.25) is 0 Å². The van der Waals surface area contributed by atoms with E-state index in [0.29, 0.717) is 26.1 Å². The first-order valence-corrected chi connectivity index (χ1v) is 12.6. The third kappa shape index (κ3) is 3.41. The van der Waals surface area contributed by atoms with E-state index in [1.807, 2.05) is 4.90 Å². The van der Waals surface area contributed by atoms with Gasteiger partial charge in [0.1, 0.15) is 24.1 Å². The van der Waals surface area contributed by atoms with Crippen LogP contribution in [0.5, 0.6) is 6.01 Å². The van der Waals surface area contributed by atoms with E-state index in [2.05, 4.69) is 42.7 Å². The molecule has 4 fully saturated rings. The highest BCUT2D eigenvalue weighted by Crippen LogP contribution is 2.42. The van der Waals surface area contributed by atoms with Crippen LogP contribution in [0.4, 0.5) is 23.4 Å². The molecule has 6 nitrogen and oxygen atoms in total. The summed E-state index contributed by atoms with van der Waals surface area (Å²) in [5.41, 5.74) is -0.759. The van der Waals surface area contributed by atoms with Gasteiger partial charge < -0.3 is 9.64 Å². The summed E-state index contributed by atoms with van der Waals surface area (Å²) in [7, 11) is 2.07. The lowest BCUT2D eigenvalue weighted by Crippen LogP contribution is -2.52. The number of hydrogen-bond donors (Lipinski definition) is 0. The Bertz CT molecular complexity index is 1140. The Kier molecular flexibility index (Phi) is 5.46. The van der Waals surface area contributed by atoms with E-state index in [-0.39, 0.29) is 41.4 Å². The first-order chi connectivity index (χ1) is 16.3. The van der Waals surface area contributed by atoms with Crippen LogP contribution in [0.15, 0.2) is 4.47 Å². The maximum atomic E-state index is 15.1. The van der Waals surface area contributed by atoms with Crippen LogP contribution in [0, 0.1) is 17.5 Å². The van der Waals surface area contributed by atoms with E-state index in [9.17, 15) is 8.78 Å². The molecule has 2 unspecified atom stereocenters. The number of likely N-dealkylation sites (N-methyl/N-ethyl adjacent to an activating group) is 1. The standard InChI is InChI=1S/C23H26BrF4N5O/c1-31-13-3-4-14(31)10-32(9-13)21-15-17(26)18(27)16(24)19(28)20(15)29-22(30-21)34-11-23-5-2-6-33(23)8-12(25)7-23/h12-14H,2-11H2,1H3/t12-,13?,14?,23+/m1/s1. The van der Waals surface area contributed by atoms with Crippen LogP contribution in [0.3, 0.4) is 0 Å². The molecule has 34 heavy (non-hydrogen) atoms. The number of benzene rings is 1. The van der Waals surface area contributed by atoms with Crippen molar-refractivity contribution in [3.05, 3.63) is 21.9 Å². The molecule has 1 aromatic carbocycles. The van der Waals surface area contributed by atoms with Crippen LogP contribution < -0.4 is 9.64 Å². The maximum absolute atomic E-state index is 15.1. The predicted molar refractivity (Wildman–Crippen MR) is 122 cm³/mol. The Hall–Kier alpha value is -1.72. The minimum absolute atomic E-state index is 0.103. The fraction of sp³-hybridized carbons (Fsp3) is 0.652. The molecule has 2 bridgehead atoms. The number of fused-ring (bicyclic) bond motifs is 4. The summed E-state index contributed by atoms with van der Waals surface area (Å²) in [6.45, 7) is 2.49. The van der Waals surface area contributed by atoms with Gasteiger partial charge in [-0.25, -0.2) is 17.6 Å². The van der Waals surface area contributed by atoms with Gasteiger partial charge in [-0.3, -0.25) is 9.80 Å². The van der Waals surface area contributed by atoms with Crippen molar-refractivity contribution in [1.29, 1.82) is 0 Å². The molecular formula is C23H26BrF4N5O. The molecular weight excluding hydrogens is 518 g/mol. The third-order valence-corrected chi connectivity index (χ3v) is 8.95. The summed E-state index contributed by atoms with van der Waals surface area (Å²) >= 11 is 2.81. The van der Waals surface area contributed by atoms with Gasteiger partial charge in [-0.15, -0.1) is 0 Å². The highest BCUT2D eigenvalue weighted by molar-refractivity contribution is 9.10. The zero-order chi connectivity index (χ0) is 23.8. The number of piperazine rings is 1. The molecule has 2 aromatic rings. The molecule has 5 heterocycles. The Labute approximate surface area is 203 Å². The molecule has 0 N–H and O–H groups in total. The molecule has 4 aliphatic rings. The molecule has 0 spiro atoms. The predicted octanol–water partition coefficient (Wildman–Crippen LogP) is 4.05. The maximum Gasteiger partial charge on any atom is 0.319 e. The number of aromatic nitrogens is 2. The van der Waals surface area contributed by atoms with Gasteiger partial charge in [0.05, 0.1) is 15.4 Å². The van der Waals surface area contributed by atoms with Gasteiger partial charge in [0, 0.05) is 38.1 Å². The molecule has 4 saturated heterocycles. The minimum atomic E-state index is -1.30. The monoisotopic (exact) mass is 543 g/mol. The molecule has 0 aliphatic carbocycles. The van der Waals surface area contributed by atoms with Gasteiger partial charge in [0.2, 0.25) is 0 Å². The van der Waals surface area contributed by atoms with Crippen LogP contribution >= 0.6 is 15.9 Å². The number of nitrogens with zero attached hydrogens (tertiary/aromatic N) is 5. The van der Waals surface area contributed by atoms with Crippen molar-refractivity contribution in [2.75, 3.05) is 44.7 Å². The van der Waals surface area contributed by atoms with Crippen LogP contribution in [-0.4, -0.2) is 83.4 Å². The summed E-state index contributed by atoms with van der Waals surface area (Å²) in [5, 5.41) is -0.278. The second kappa shape index (κ2) is 8.16. The van der Waals surface area contributed by atoms with Gasteiger partial charge in [0.25, 0.3) is 0 Å². The molecule has 4 atom stereocenters. The SMILES string of the molecule is CN1C2CCC1CN(c1nc(OC[C@@]34CCCN3C[C@H](F)C4)nc3c(F)c(Br)c(F)c(F)c13)C2. The lowest BCUT2D eigenvalue weighted by atomic mass is 9.95. The zero-order valence-electron chi connectivity index (χ0n) is 18.8. The van der Waals surface area contributed by atoms with Crippen molar-refractivity contribution in [2.45, 2.75) is 55.9 Å². The largest absolute Gasteiger partial charge is 0.461 e. The van der Waals surface area contributed by atoms with E-state index < -0.39 is 33.6 Å². The van der Waals surface area contributed by atoms with Crippen molar-refractivity contribution in [3.8, 4) is 6.01 Å². The molecule has 184 valence electrons. The van der Waals surface area contributed by atoms with E-state index in [1.54, 1.807) is 0 Å². The second-order valence-electron chi connectivity index (χ2n) is 10.1. The molecule has 11 heteroatoms. The number of halogens is 5. The topological polar surface area (TPSA) is 44.7 Å². The third-order valence-electron chi connectivity index (χ3n) is 8.25. The lowest BCUT2D eigenvalue weighted by Gasteiger charge is -2.40. The molecule has 4 aliphatic heterocycles.